The second kappa shape index (κ2) is 4.18. The molecule has 0 N–H and O–H groups in total. The maximum atomic E-state index is 10.6. The number of nitro benzene ring substituents is 3. The Morgan fingerprint density at radius 1 is 0.875 bits per heavy atom. The summed E-state index contributed by atoms with van der Waals surface area (Å²) < 4.78 is -0.185. The smallest absolute Gasteiger partial charge is 0.258 e. The minimum Gasteiger partial charge on any atom is -0.258 e. The average molecular weight is 292 g/mol. The lowest BCUT2D eigenvalue weighted by Gasteiger charge is -1.98. The average Bonchev–Trinajstić information content (AvgIpc) is 2.15. The van der Waals surface area contributed by atoms with Gasteiger partial charge in [-0.25, -0.2) is 0 Å². The molecule has 1 aromatic rings. The summed E-state index contributed by atoms with van der Waals surface area (Å²) in [5.41, 5.74) is -2.98. The number of rotatable bonds is 3. The molecule has 0 saturated heterocycles. The Balaban J connectivity index is 3.70. The van der Waals surface area contributed by atoms with Crippen molar-refractivity contribution in [2.24, 2.45) is 0 Å². The van der Waals surface area contributed by atoms with E-state index < -0.39 is 31.8 Å². The second-order valence-corrected chi connectivity index (χ2v) is 3.39. The van der Waals surface area contributed by atoms with Gasteiger partial charge >= 0.3 is 17.1 Å². The second-order valence-electron chi connectivity index (χ2n) is 2.54. The topological polar surface area (TPSA) is 129 Å². The van der Waals surface area contributed by atoms with E-state index in [4.69, 9.17) is 0 Å². The van der Waals surface area contributed by atoms with Crippen LogP contribution in [0.25, 0.3) is 0 Å². The van der Waals surface area contributed by atoms with Crippen LogP contribution in [0.5, 0.6) is 0 Å². The number of nitro groups is 3. The lowest BCUT2D eigenvalue weighted by atomic mass is 10.2. The van der Waals surface area contributed by atoms with E-state index in [1.807, 2.05) is 0 Å². The Hall–Kier alpha value is -2.10. The predicted molar refractivity (Wildman–Crippen MR) is 54.1 cm³/mol. The fourth-order valence-corrected chi connectivity index (χ4v) is 1.51. The number of hydrogen-bond acceptors (Lipinski definition) is 6. The van der Waals surface area contributed by atoms with Crippen molar-refractivity contribution in [3.8, 4) is 0 Å². The lowest BCUT2D eigenvalue weighted by Crippen LogP contribution is -2.01. The molecule has 0 unspecified atom stereocenters. The molecule has 84 valence electrons. The molecule has 0 saturated carbocycles. The van der Waals surface area contributed by atoms with Gasteiger partial charge in [-0.1, -0.05) is 0 Å². The maximum Gasteiger partial charge on any atom is 0.423 e. The van der Waals surface area contributed by atoms with Crippen molar-refractivity contribution in [1.29, 1.82) is 0 Å². The fourth-order valence-electron chi connectivity index (χ4n) is 1.05. The van der Waals surface area contributed by atoms with Gasteiger partial charge in [0.1, 0.15) is 4.47 Å². The summed E-state index contributed by atoms with van der Waals surface area (Å²) in [4.78, 5) is 28.4. The van der Waals surface area contributed by atoms with Gasteiger partial charge in [0, 0.05) is 6.07 Å². The van der Waals surface area contributed by atoms with E-state index in [-0.39, 0.29) is 4.47 Å². The summed E-state index contributed by atoms with van der Waals surface area (Å²) >= 11 is 2.73. The molecule has 0 aliphatic heterocycles. The van der Waals surface area contributed by atoms with E-state index in [2.05, 4.69) is 15.9 Å². The van der Waals surface area contributed by atoms with Gasteiger partial charge in [-0.2, -0.15) is 0 Å². The summed E-state index contributed by atoms with van der Waals surface area (Å²) in [6.45, 7) is 0. The molecule has 0 aliphatic rings. The highest BCUT2D eigenvalue weighted by Crippen LogP contribution is 2.41. The van der Waals surface area contributed by atoms with Crippen LogP contribution in [0.15, 0.2) is 16.6 Å². The van der Waals surface area contributed by atoms with Crippen LogP contribution in [0.2, 0.25) is 0 Å². The maximum absolute atomic E-state index is 10.6. The zero-order valence-corrected chi connectivity index (χ0v) is 8.91. The highest BCUT2D eigenvalue weighted by molar-refractivity contribution is 9.10. The Bertz CT molecular complexity index is 501. The molecule has 0 heterocycles. The standard InChI is InChI=1S/C6H2BrN3O6/c7-3-1-2-4(8(11)12)6(10(15)16)5(3)9(13)14/h1-2H. The van der Waals surface area contributed by atoms with Crippen molar-refractivity contribution in [2.45, 2.75) is 0 Å². The minimum absolute atomic E-state index is 0.185. The molecule has 0 fully saturated rings. The van der Waals surface area contributed by atoms with Crippen LogP contribution in [0.4, 0.5) is 17.1 Å². The summed E-state index contributed by atoms with van der Waals surface area (Å²) in [7, 11) is 0. The molecular formula is C6H2BrN3O6. The fraction of sp³-hybridized carbons (Fsp3) is 0. The quantitative estimate of drug-likeness (QED) is 0.619. The third-order valence-corrected chi connectivity index (χ3v) is 2.28. The molecule has 10 heteroatoms. The number of halogens is 1. The van der Waals surface area contributed by atoms with Crippen molar-refractivity contribution >= 4 is 33.0 Å². The van der Waals surface area contributed by atoms with Crippen molar-refractivity contribution < 1.29 is 14.8 Å². The van der Waals surface area contributed by atoms with Gasteiger partial charge in [0.2, 0.25) is 0 Å². The van der Waals surface area contributed by atoms with Gasteiger partial charge in [0.05, 0.1) is 14.8 Å². The summed E-state index contributed by atoms with van der Waals surface area (Å²) in [5.74, 6) is 0. The first-order valence-corrected chi connectivity index (χ1v) is 4.41. The Kier molecular flexibility index (Phi) is 3.13. The summed E-state index contributed by atoms with van der Waals surface area (Å²) in [6, 6.07) is 1.85. The molecule has 0 spiro atoms. The van der Waals surface area contributed by atoms with E-state index in [0.29, 0.717) is 0 Å². The van der Waals surface area contributed by atoms with Crippen LogP contribution in [0, 0.1) is 30.3 Å². The number of benzene rings is 1. The third kappa shape index (κ3) is 1.95. The van der Waals surface area contributed by atoms with Gasteiger partial charge in [-0.05, 0) is 22.0 Å². The molecule has 1 rings (SSSR count). The monoisotopic (exact) mass is 291 g/mol. The molecule has 16 heavy (non-hydrogen) atoms. The predicted octanol–water partition coefficient (Wildman–Crippen LogP) is 2.17. The van der Waals surface area contributed by atoms with E-state index in [9.17, 15) is 30.3 Å². The molecule has 0 bridgehead atoms. The molecule has 0 radical (unpaired) electrons. The largest absolute Gasteiger partial charge is 0.423 e. The molecule has 0 amide bonds. The normalized spacial score (nSPS) is 9.81. The van der Waals surface area contributed by atoms with Crippen LogP contribution in [-0.2, 0) is 0 Å². The van der Waals surface area contributed by atoms with E-state index in [1.165, 1.54) is 0 Å². The van der Waals surface area contributed by atoms with Gasteiger partial charge in [0.15, 0.2) is 0 Å². The van der Waals surface area contributed by atoms with Crippen LogP contribution in [0.3, 0.4) is 0 Å². The highest BCUT2D eigenvalue weighted by atomic mass is 79.9. The van der Waals surface area contributed by atoms with Crippen molar-refractivity contribution in [3.05, 3.63) is 46.9 Å². The van der Waals surface area contributed by atoms with Crippen molar-refractivity contribution in [3.63, 3.8) is 0 Å². The van der Waals surface area contributed by atoms with Gasteiger partial charge < -0.3 is 0 Å². The minimum atomic E-state index is -1.15. The first-order chi connectivity index (χ1) is 7.36. The first kappa shape index (κ1) is 12.0. The van der Waals surface area contributed by atoms with Crippen LogP contribution in [-0.4, -0.2) is 14.8 Å². The molecule has 1 aromatic carbocycles. The first-order valence-electron chi connectivity index (χ1n) is 3.62. The van der Waals surface area contributed by atoms with Gasteiger partial charge in [0.25, 0.3) is 0 Å². The van der Waals surface area contributed by atoms with Gasteiger partial charge in [-0.3, -0.25) is 30.3 Å². The van der Waals surface area contributed by atoms with Crippen LogP contribution in [0.1, 0.15) is 0 Å². The zero-order chi connectivity index (χ0) is 12.5. The molecule has 0 aromatic heterocycles. The van der Waals surface area contributed by atoms with Crippen LogP contribution < -0.4 is 0 Å². The number of nitrogens with zero attached hydrogens (tertiary/aromatic N) is 3. The van der Waals surface area contributed by atoms with Crippen LogP contribution >= 0.6 is 15.9 Å². The Labute approximate surface area is 95.3 Å². The van der Waals surface area contributed by atoms with E-state index in [1.54, 1.807) is 0 Å². The molecular weight excluding hydrogens is 290 g/mol. The Morgan fingerprint density at radius 3 is 1.75 bits per heavy atom. The van der Waals surface area contributed by atoms with E-state index in [0.717, 1.165) is 12.1 Å². The number of hydrogen-bond donors (Lipinski definition) is 0. The summed E-state index contributed by atoms with van der Waals surface area (Å²) in [5, 5.41) is 31.6. The van der Waals surface area contributed by atoms with Crippen molar-refractivity contribution in [1.82, 2.24) is 0 Å². The summed E-state index contributed by atoms with van der Waals surface area (Å²) in [6.07, 6.45) is 0. The van der Waals surface area contributed by atoms with Crippen molar-refractivity contribution in [2.75, 3.05) is 0 Å². The third-order valence-electron chi connectivity index (χ3n) is 1.64. The SMILES string of the molecule is O=[N+]([O-])c1ccc(Br)c([N+](=O)[O-])c1[N+](=O)[O-]. The highest BCUT2D eigenvalue weighted by Gasteiger charge is 2.37. The molecule has 9 nitrogen and oxygen atoms in total. The lowest BCUT2D eigenvalue weighted by molar-refractivity contribution is -0.441. The Morgan fingerprint density at radius 2 is 1.38 bits per heavy atom. The zero-order valence-electron chi connectivity index (χ0n) is 7.32. The van der Waals surface area contributed by atoms with Gasteiger partial charge in [-0.15, -0.1) is 0 Å². The molecule has 0 atom stereocenters. The molecule has 0 aliphatic carbocycles. The van der Waals surface area contributed by atoms with E-state index >= 15 is 0 Å².